The highest BCUT2D eigenvalue weighted by atomic mass is 16.5. The van der Waals surface area contributed by atoms with Crippen molar-refractivity contribution >= 4 is 5.97 Å². The number of rotatable bonds is 7. The lowest BCUT2D eigenvalue weighted by atomic mass is 10.2. The lowest BCUT2D eigenvalue weighted by molar-refractivity contribution is -0.144. The Bertz CT molecular complexity index is 172. The van der Waals surface area contributed by atoms with Crippen molar-refractivity contribution in [3.63, 3.8) is 0 Å². The van der Waals surface area contributed by atoms with Gasteiger partial charge in [-0.1, -0.05) is 0 Å². The molecule has 0 aromatic carbocycles. The summed E-state index contributed by atoms with van der Waals surface area (Å²) >= 11 is 0. The summed E-state index contributed by atoms with van der Waals surface area (Å²) in [5.41, 5.74) is -0.134. The van der Waals surface area contributed by atoms with E-state index in [4.69, 9.17) is 14.2 Å². The summed E-state index contributed by atoms with van der Waals surface area (Å²) in [5.74, 6) is -0.214. The largest absolute Gasteiger partial charge is 0.466 e. The highest BCUT2D eigenvalue weighted by Gasteiger charge is 2.09. The van der Waals surface area contributed by atoms with E-state index in [-0.39, 0.29) is 11.6 Å². The zero-order chi connectivity index (χ0) is 11.7. The van der Waals surface area contributed by atoms with E-state index in [1.165, 1.54) is 0 Å². The molecule has 0 atom stereocenters. The van der Waals surface area contributed by atoms with Gasteiger partial charge in [-0.05, 0) is 27.7 Å². The van der Waals surface area contributed by atoms with Crippen LogP contribution in [0.3, 0.4) is 0 Å². The molecule has 4 nitrogen and oxygen atoms in total. The fraction of sp³-hybridized carbons (Fsp3) is 0.909. The molecule has 0 aromatic rings. The molecule has 0 bridgehead atoms. The van der Waals surface area contributed by atoms with Gasteiger partial charge in [-0.25, -0.2) is 0 Å². The Kier molecular flexibility index (Phi) is 7.34. The van der Waals surface area contributed by atoms with Gasteiger partial charge in [0.25, 0.3) is 0 Å². The predicted octanol–water partition coefficient (Wildman–Crippen LogP) is 1.77. The maximum atomic E-state index is 10.9. The smallest absolute Gasteiger partial charge is 0.308 e. The standard InChI is InChI=1S/C11H22O4/c1-5-14-10(12)6-7-13-8-9-15-11(2,3)4/h5-9H2,1-4H3. The molecule has 0 saturated carbocycles. The minimum absolute atomic E-state index is 0.134. The lowest BCUT2D eigenvalue weighted by Crippen LogP contribution is -2.22. The number of carbonyl (C=O) groups is 1. The Morgan fingerprint density at radius 2 is 1.80 bits per heavy atom. The van der Waals surface area contributed by atoms with Crippen LogP contribution in [0.25, 0.3) is 0 Å². The maximum absolute atomic E-state index is 10.9. The molecule has 0 heterocycles. The zero-order valence-electron chi connectivity index (χ0n) is 10.2. The van der Waals surface area contributed by atoms with E-state index in [0.29, 0.717) is 32.8 Å². The van der Waals surface area contributed by atoms with Crippen LogP contribution in [-0.4, -0.2) is 38.0 Å². The molecule has 0 aliphatic carbocycles. The molecule has 4 heteroatoms. The molecule has 0 aliphatic heterocycles. The van der Waals surface area contributed by atoms with Crippen molar-refractivity contribution in [2.45, 2.75) is 39.7 Å². The van der Waals surface area contributed by atoms with Gasteiger partial charge in [0.1, 0.15) is 0 Å². The van der Waals surface area contributed by atoms with Crippen LogP contribution in [0.1, 0.15) is 34.1 Å². The van der Waals surface area contributed by atoms with Gasteiger partial charge >= 0.3 is 5.97 Å². The van der Waals surface area contributed by atoms with E-state index >= 15 is 0 Å². The third kappa shape index (κ3) is 11.3. The maximum Gasteiger partial charge on any atom is 0.308 e. The van der Waals surface area contributed by atoms with Gasteiger partial charge in [-0.3, -0.25) is 4.79 Å². The number of hydrogen-bond donors (Lipinski definition) is 0. The van der Waals surface area contributed by atoms with Crippen LogP contribution >= 0.6 is 0 Å². The van der Waals surface area contributed by atoms with Crippen LogP contribution < -0.4 is 0 Å². The second-order valence-electron chi connectivity index (χ2n) is 4.13. The van der Waals surface area contributed by atoms with Gasteiger partial charge in [-0.15, -0.1) is 0 Å². The molecule has 0 fully saturated rings. The molecule has 0 amide bonds. The van der Waals surface area contributed by atoms with Gasteiger partial charge in [0, 0.05) is 0 Å². The topological polar surface area (TPSA) is 44.8 Å². The molecule has 0 saturated heterocycles. The van der Waals surface area contributed by atoms with E-state index in [9.17, 15) is 4.79 Å². The minimum atomic E-state index is -0.214. The van der Waals surface area contributed by atoms with Crippen LogP contribution in [-0.2, 0) is 19.0 Å². The van der Waals surface area contributed by atoms with Crippen molar-refractivity contribution in [2.24, 2.45) is 0 Å². The van der Waals surface area contributed by atoms with Gasteiger partial charge in [0.2, 0.25) is 0 Å². The summed E-state index contributed by atoms with van der Waals surface area (Å²) < 4.78 is 15.4. The molecule has 0 spiro atoms. The summed E-state index contributed by atoms with van der Waals surface area (Å²) in [6, 6.07) is 0. The molecule has 0 radical (unpaired) electrons. The number of ether oxygens (including phenoxy) is 3. The lowest BCUT2D eigenvalue weighted by Gasteiger charge is -2.19. The molecule has 0 unspecified atom stereocenters. The van der Waals surface area contributed by atoms with Crippen LogP contribution in [0.4, 0.5) is 0 Å². The van der Waals surface area contributed by atoms with Crippen LogP contribution in [0.2, 0.25) is 0 Å². The molecule has 0 aromatic heterocycles. The van der Waals surface area contributed by atoms with Crippen molar-refractivity contribution in [3.05, 3.63) is 0 Å². The monoisotopic (exact) mass is 218 g/mol. The van der Waals surface area contributed by atoms with Crippen LogP contribution in [0.15, 0.2) is 0 Å². The second-order valence-corrected chi connectivity index (χ2v) is 4.13. The number of esters is 1. The molecular formula is C11H22O4. The molecular weight excluding hydrogens is 196 g/mol. The highest BCUT2D eigenvalue weighted by molar-refractivity contribution is 5.69. The Balaban J connectivity index is 3.22. The number of hydrogen-bond acceptors (Lipinski definition) is 4. The molecule has 15 heavy (non-hydrogen) atoms. The van der Waals surface area contributed by atoms with Crippen molar-refractivity contribution in [1.82, 2.24) is 0 Å². The molecule has 0 N–H and O–H groups in total. The van der Waals surface area contributed by atoms with Crippen molar-refractivity contribution in [2.75, 3.05) is 26.4 Å². The Labute approximate surface area is 91.9 Å². The van der Waals surface area contributed by atoms with Gasteiger partial charge in [0.15, 0.2) is 0 Å². The molecule has 90 valence electrons. The zero-order valence-corrected chi connectivity index (χ0v) is 10.2. The first kappa shape index (κ1) is 14.4. The van der Waals surface area contributed by atoms with Crippen molar-refractivity contribution in [3.8, 4) is 0 Å². The second kappa shape index (κ2) is 7.65. The minimum Gasteiger partial charge on any atom is -0.466 e. The Hall–Kier alpha value is -0.610. The summed E-state index contributed by atoms with van der Waals surface area (Å²) in [6.45, 7) is 9.64. The van der Waals surface area contributed by atoms with E-state index < -0.39 is 0 Å². The average Bonchev–Trinajstić information content (AvgIpc) is 2.09. The highest BCUT2D eigenvalue weighted by Crippen LogP contribution is 2.05. The van der Waals surface area contributed by atoms with Crippen molar-refractivity contribution in [1.29, 1.82) is 0 Å². The van der Waals surface area contributed by atoms with E-state index in [0.717, 1.165) is 0 Å². The van der Waals surface area contributed by atoms with Gasteiger partial charge in [0.05, 0.1) is 38.4 Å². The summed E-state index contributed by atoms with van der Waals surface area (Å²) in [4.78, 5) is 10.9. The summed E-state index contributed by atoms with van der Waals surface area (Å²) in [7, 11) is 0. The Morgan fingerprint density at radius 1 is 1.13 bits per heavy atom. The Morgan fingerprint density at radius 3 is 2.33 bits per heavy atom. The normalized spacial score (nSPS) is 11.5. The summed E-state index contributed by atoms with van der Waals surface area (Å²) in [6.07, 6.45) is 0.309. The van der Waals surface area contributed by atoms with E-state index in [1.807, 2.05) is 20.8 Å². The van der Waals surface area contributed by atoms with E-state index in [1.54, 1.807) is 6.92 Å². The van der Waals surface area contributed by atoms with Gasteiger partial charge in [-0.2, -0.15) is 0 Å². The quantitative estimate of drug-likeness (QED) is 0.482. The number of carbonyl (C=O) groups excluding carboxylic acids is 1. The molecule has 0 rings (SSSR count). The third-order valence-electron chi connectivity index (χ3n) is 1.52. The first-order valence-corrected chi connectivity index (χ1v) is 5.33. The summed E-state index contributed by atoms with van der Waals surface area (Å²) in [5, 5.41) is 0. The predicted molar refractivity (Wildman–Crippen MR) is 57.8 cm³/mol. The molecule has 0 aliphatic rings. The van der Waals surface area contributed by atoms with Gasteiger partial charge < -0.3 is 14.2 Å². The van der Waals surface area contributed by atoms with Crippen LogP contribution in [0, 0.1) is 0 Å². The SMILES string of the molecule is CCOC(=O)CCOCCOC(C)(C)C. The first-order chi connectivity index (χ1) is 6.95. The average molecular weight is 218 g/mol. The third-order valence-corrected chi connectivity index (χ3v) is 1.52. The van der Waals surface area contributed by atoms with Crippen molar-refractivity contribution < 1.29 is 19.0 Å². The first-order valence-electron chi connectivity index (χ1n) is 5.33. The fourth-order valence-corrected chi connectivity index (χ4v) is 0.897. The van der Waals surface area contributed by atoms with Crippen LogP contribution in [0.5, 0.6) is 0 Å². The fourth-order valence-electron chi connectivity index (χ4n) is 0.897. The van der Waals surface area contributed by atoms with E-state index in [2.05, 4.69) is 0 Å².